The van der Waals surface area contributed by atoms with E-state index in [1.165, 1.54) is 0 Å². The third kappa shape index (κ3) is 1.16. The van der Waals surface area contributed by atoms with Crippen LogP contribution in [0.5, 0.6) is 0 Å². The fourth-order valence-corrected chi connectivity index (χ4v) is 1.21. The number of aliphatic hydroxyl groups is 1. The molecule has 1 saturated heterocycles. The Kier molecular flexibility index (Phi) is 1.98. The summed E-state index contributed by atoms with van der Waals surface area (Å²) in [6.45, 7) is 1.91. The summed E-state index contributed by atoms with van der Waals surface area (Å²) < 4.78 is 5.36. The molecular weight excluding hydrogens is 128 g/mol. The molecule has 0 amide bonds. The summed E-state index contributed by atoms with van der Waals surface area (Å²) in [5.74, 6) is 2.49. The monoisotopic (exact) mass is 140 g/mol. The van der Waals surface area contributed by atoms with Crippen LogP contribution in [-0.4, -0.2) is 23.4 Å². The minimum Gasteiger partial charge on any atom is -0.392 e. The molecule has 0 aromatic rings. The number of ether oxygens (including phenoxy) is 1. The average Bonchev–Trinajstić information content (AvgIpc) is 2.33. The molecular formula is C8H12O2. The SMILES string of the molecule is C#C[C@]1(CO)CC[C@@H](C)O1. The van der Waals surface area contributed by atoms with Gasteiger partial charge < -0.3 is 9.84 Å². The van der Waals surface area contributed by atoms with Crippen molar-refractivity contribution < 1.29 is 9.84 Å². The quantitative estimate of drug-likeness (QED) is 0.539. The maximum Gasteiger partial charge on any atom is 0.151 e. The number of aliphatic hydroxyl groups excluding tert-OH is 1. The average molecular weight is 140 g/mol. The second kappa shape index (κ2) is 2.61. The summed E-state index contributed by atoms with van der Waals surface area (Å²) in [5.41, 5.74) is -0.667. The summed E-state index contributed by atoms with van der Waals surface area (Å²) in [5, 5.41) is 8.87. The lowest BCUT2D eigenvalue weighted by molar-refractivity contribution is -0.0274. The Morgan fingerprint density at radius 3 is 2.80 bits per heavy atom. The van der Waals surface area contributed by atoms with Crippen LogP contribution in [0.25, 0.3) is 0 Å². The van der Waals surface area contributed by atoms with E-state index in [0.29, 0.717) is 0 Å². The minimum atomic E-state index is -0.667. The Morgan fingerprint density at radius 1 is 1.90 bits per heavy atom. The zero-order valence-electron chi connectivity index (χ0n) is 6.13. The minimum absolute atomic E-state index is 0.0617. The van der Waals surface area contributed by atoms with Crippen molar-refractivity contribution in [2.75, 3.05) is 6.61 Å². The molecule has 0 bridgehead atoms. The molecule has 1 rings (SSSR count). The van der Waals surface area contributed by atoms with Crippen LogP contribution in [-0.2, 0) is 4.74 Å². The third-order valence-corrected chi connectivity index (χ3v) is 1.90. The molecule has 1 N–H and O–H groups in total. The maximum atomic E-state index is 8.87. The van der Waals surface area contributed by atoms with Crippen molar-refractivity contribution in [2.24, 2.45) is 0 Å². The van der Waals surface area contributed by atoms with Gasteiger partial charge in [0.2, 0.25) is 0 Å². The molecule has 1 aliphatic heterocycles. The highest BCUT2D eigenvalue weighted by Crippen LogP contribution is 2.28. The van der Waals surface area contributed by atoms with Gasteiger partial charge in [-0.15, -0.1) is 6.42 Å². The third-order valence-electron chi connectivity index (χ3n) is 1.90. The van der Waals surface area contributed by atoms with E-state index in [1.54, 1.807) is 0 Å². The first-order chi connectivity index (χ1) is 4.72. The second-order valence-corrected chi connectivity index (χ2v) is 2.76. The molecule has 2 heteroatoms. The van der Waals surface area contributed by atoms with E-state index in [4.69, 9.17) is 16.3 Å². The molecule has 56 valence electrons. The van der Waals surface area contributed by atoms with Crippen LogP contribution in [0.15, 0.2) is 0 Å². The van der Waals surface area contributed by atoms with Gasteiger partial charge in [-0.2, -0.15) is 0 Å². The Hall–Kier alpha value is -0.520. The topological polar surface area (TPSA) is 29.5 Å². The molecule has 0 radical (unpaired) electrons. The molecule has 2 atom stereocenters. The van der Waals surface area contributed by atoms with E-state index in [-0.39, 0.29) is 12.7 Å². The fourth-order valence-electron chi connectivity index (χ4n) is 1.21. The van der Waals surface area contributed by atoms with Gasteiger partial charge in [0.25, 0.3) is 0 Å². The van der Waals surface area contributed by atoms with Gasteiger partial charge in [-0.05, 0) is 19.8 Å². The van der Waals surface area contributed by atoms with Crippen LogP contribution in [0.3, 0.4) is 0 Å². The van der Waals surface area contributed by atoms with Crippen LogP contribution in [0, 0.1) is 12.3 Å². The largest absolute Gasteiger partial charge is 0.392 e. The van der Waals surface area contributed by atoms with Gasteiger partial charge in [0.15, 0.2) is 5.60 Å². The molecule has 0 aromatic heterocycles. The van der Waals surface area contributed by atoms with E-state index in [0.717, 1.165) is 12.8 Å². The predicted molar refractivity (Wildman–Crippen MR) is 38.4 cm³/mol. The van der Waals surface area contributed by atoms with Gasteiger partial charge in [0.1, 0.15) is 0 Å². The van der Waals surface area contributed by atoms with Crippen LogP contribution < -0.4 is 0 Å². The first-order valence-corrected chi connectivity index (χ1v) is 3.49. The van der Waals surface area contributed by atoms with Gasteiger partial charge in [0.05, 0.1) is 12.7 Å². The van der Waals surface area contributed by atoms with Gasteiger partial charge in [-0.1, -0.05) is 5.92 Å². The zero-order chi connectivity index (χ0) is 7.61. The maximum absolute atomic E-state index is 8.87. The Bertz CT molecular complexity index is 159. The summed E-state index contributed by atoms with van der Waals surface area (Å²) in [6, 6.07) is 0. The van der Waals surface area contributed by atoms with E-state index < -0.39 is 5.60 Å². The fraction of sp³-hybridized carbons (Fsp3) is 0.750. The normalized spacial score (nSPS) is 39.5. The molecule has 1 heterocycles. The van der Waals surface area contributed by atoms with Crippen LogP contribution >= 0.6 is 0 Å². The first kappa shape index (κ1) is 7.59. The van der Waals surface area contributed by atoms with E-state index in [9.17, 15) is 0 Å². The van der Waals surface area contributed by atoms with Gasteiger partial charge in [-0.25, -0.2) is 0 Å². The molecule has 0 aromatic carbocycles. The Labute approximate surface area is 61.2 Å². The molecule has 1 fully saturated rings. The molecule has 0 aliphatic carbocycles. The van der Waals surface area contributed by atoms with E-state index in [1.807, 2.05) is 6.92 Å². The van der Waals surface area contributed by atoms with Crippen LogP contribution in [0.4, 0.5) is 0 Å². The molecule has 1 aliphatic rings. The second-order valence-electron chi connectivity index (χ2n) is 2.76. The van der Waals surface area contributed by atoms with Crippen molar-refractivity contribution in [3.8, 4) is 12.3 Å². The summed E-state index contributed by atoms with van der Waals surface area (Å²) in [6.07, 6.45) is 7.13. The smallest absolute Gasteiger partial charge is 0.151 e. The van der Waals surface area contributed by atoms with Crippen molar-refractivity contribution >= 4 is 0 Å². The van der Waals surface area contributed by atoms with Crippen LogP contribution in [0.1, 0.15) is 19.8 Å². The lowest BCUT2D eigenvalue weighted by atomic mass is 10.0. The van der Waals surface area contributed by atoms with Crippen molar-refractivity contribution in [3.05, 3.63) is 0 Å². The highest BCUT2D eigenvalue weighted by atomic mass is 16.5. The highest BCUT2D eigenvalue weighted by molar-refractivity contribution is 5.11. The van der Waals surface area contributed by atoms with Crippen molar-refractivity contribution in [1.82, 2.24) is 0 Å². The van der Waals surface area contributed by atoms with Crippen molar-refractivity contribution in [3.63, 3.8) is 0 Å². The summed E-state index contributed by atoms with van der Waals surface area (Å²) in [4.78, 5) is 0. The van der Waals surface area contributed by atoms with Gasteiger partial charge in [0, 0.05) is 0 Å². The molecule has 2 nitrogen and oxygen atoms in total. The van der Waals surface area contributed by atoms with Crippen molar-refractivity contribution in [1.29, 1.82) is 0 Å². The summed E-state index contributed by atoms with van der Waals surface area (Å²) in [7, 11) is 0. The van der Waals surface area contributed by atoms with Crippen LogP contribution in [0.2, 0.25) is 0 Å². The molecule has 10 heavy (non-hydrogen) atoms. The van der Waals surface area contributed by atoms with Gasteiger partial charge in [-0.3, -0.25) is 0 Å². The molecule has 0 unspecified atom stereocenters. The standard InChI is InChI=1S/C8H12O2/c1-3-8(6-9)5-4-7(2)10-8/h1,7,9H,4-6H2,2H3/t7-,8-/m1/s1. The number of hydrogen-bond acceptors (Lipinski definition) is 2. The summed E-state index contributed by atoms with van der Waals surface area (Å²) >= 11 is 0. The Balaban J connectivity index is 2.62. The lowest BCUT2D eigenvalue weighted by Crippen LogP contribution is -2.31. The van der Waals surface area contributed by atoms with E-state index >= 15 is 0 Å². The number of rotatable bonds is 1. The van der Waals surface area contributed by atoms with Gasteiger partial charge >= 0.3 is 0 Å². The number of terminal acetylenes is 1. The van der Waals surface area contributed by atoms with E-state index in [2.05, 4.69) is 5.92 Å². The number of hydrogen-bond donors (Lipinski definition) is 1. The first-order valence-electron chi connectivity index (χ1n) is 3.49. The highest BCUT2D eigenvalue weighted by Gasteiger charge is 2.35. The van der Waals surface area contributed by atoms with Crippen molar-refractivity contribution in [2.45, 2.75) is 31.5 Å². The molecule has 0 saturated carbocycles. The molecule has 0 spiro atoms. The predicted octanol–water partition coefficient (Wildman–Crippen LogP) is 0.550. The Morgan fingerprint density at radius 2 is 2.60 bits per heavy atom. The lowest BCUT2D eigenvalue weighted by Gasteiger charge is -2.19. The zero-order valence-corrected chi connectivity index (χ0v) is 6.13.